The van der Waals surface area contributed by atoms with Gasteiger partial charge < -0.3 is 10.0 Å². The maximum atomic E-state index is 9.52. The third-order valence-corrected chi connectivity index (χ3v) is 2.45. The maximum Gasteiger partial charge on any atom is 0.0667 e. The predicted molar refractivity (Wildman–Crippen MR) is 50.9 cm³/mol. The summed E-state index contributed by atoms with van der Waals surface area (Å²) in [6.45, 7) is 6.95. The molecule has 1 radical (unpaired) electrons. The van der Waals surface area contributed by atoms with Crippen molar-refractivity contribution in [1.82, 2.24) is 4.90 Å². The van der Waals surface area contributed by atoms with Crippen LogP contribution in [0.3, 0.4) is 0 Å². The first-order chi connectivity index (χ1) is 5.83. The average Bonchev–Trinajstić information content (AvgIpc) is 2.06. The first-order valence-electron chi connectivity index (χ1n) is 5.02. The number of piperidine rings is 1. The van der Waals surface area contributed by atoms with Crippen LogP contribution in [0.2, 0.25) is 0 Å². The van der Waals surface area contributed by atoms with E-state index in [0.29, 0.717) is 0 Å². The summed E-state index contributed by atoms with van der Waals surface area (Å²) in [4.78, 5) is 2.36. The zero-order valence-electron chi connectivity index (χ0n) is 7.84. The van der Waals surface area contributed by atoms with Gasteiger partial charge in [-0.1, -0.05) is 19.8 Å². The molecule has 1 aliphatic rings. The molecule has 2 heteroatoms. The summed E-state index contributed by atoms with van der Waals surface area (Å²) in [6, 6.07) is 0. The van der Waals surface area contributed by atoms with E-state index in [1.54, 1.807) is 0 Å². The SMILES string of the molecule is [CH2]CCC(O)CN1CCCCC1. The van der Waals surface area contributed by atoms with Crippen LogP contribution in [-0.2, 0) is 0 Å². The number of aliphatic hydroxyl groups excluding tert-OH is 1. The van der Waals surface area contributed by atoms with Gasteiger partial charge in [-0.15, -0.1) is 0 Å². The van der Waals surface area contributed by atoms with Crippen molar-refractivity contribution in [2.24, 2.45) is 0 Å². The molecular formula is C10H20NO. The Balaban J connectivity index is 2.11. The first kappa shape index (κ1) is 10.0. The highest BCUT2D eigenvalue weighted by Crippen LogP contribution is 2.09. The molecule has 0 saturated carbocycles. The number of β-amino-alcohol motifs (C(OH)–C–C–N with tert-alkyl or cyclic N) is 1. The summed E-state index contributed by atoms with van der Waals surface area (Å²) in [6.07, 6.45) is 5.50. The number of rotatable bonds is 4. The predicted octanol–water partition coefficient (Wildman–Crippen LogP) is 1.45. The lowest BCUT2D eigenvalue weighted by atomic mass is 10.1. The molecule has 1 aliphatic heterocycles. The molecule has 0 aliphatic carbocycles. The number of hydrogen-bond acceptors (Lipinski definition) is 2. The minimum absolute atomic E-state index is 0.152. The van der Waals surface area contributed by atoms with Crippen LogP contribution in [0.15, 0.2) is 0 Å². The summed E-state index contributed by atoms with van der Waals surface area (Å²) in [5.74, 6) is 0. The molecule has 71 valence electrons. The zero-order valence-corrected chi connectivity index (χ0v) is 7.84. The monoisotopic (exact) mass is 170 g/mol. The molecule has 1 atom stereocenters. The van der Waals surface area contributed by atoms with Crippen LogP contribution in [0.4, 0.5) is 0 Å². The van der Waals surface area contributed by atoms with Crippen molar-refractivity contribution in [2.75, 3.05) is 19.6 Å². The quantitative estimate of drug-likeness (QED) is 0.690. The molecule has 1 N–H and O–H groups in total. The van der Waals surface area contributed by atoms with Crippen molar-refractivity contribution >= 4 is 0 Å². The zero-order chi connectivity index (χ0) is 8.81. The van der Waals surface area contributed by atoms with E-state index in [1.165, 1.54) is 32.4 Å². The van der Waals surface area contributed by atoms with Crippen molar-refractivity contribution in [1.29, 1.82) is 0 Å². The Labute approximate surface area is 75.6 Å². The lowest BCUT2D eigenvalue weighted by Crippen LogP contribution is -2.36. The molecule has 1 saturated heterocycles. The van der Waals surface area contributed by atoms with Crippen molar-refractivity contribution < 1.29 is 5.11 Å². The summed E-state index contributed by atoms with van der Waals surface area (Å²) < 4.78 is 0. The van der Waals surface area contributed by atoms with Gasteiger partial charge in [-0.25, -0.2) is 0 Å². The minimum Gasteiger partial charge on any atom is -0.392 e. The fraction of sp³-hybridized carbons (Fsp3) is 0.900. The Kier molecular flexibility index (Phi) is 4.62. The van der Waals surface area contributed by atoms with Gasteiger partial charge >= 0.3 is 0 Å². The fourth-order valence-electron chi connectivity index (χ4n) is 1.77. The van der Waals surface area contributed by atoms with Gasteiger partial charge in [0, 0.05) is 6.54 Å². The highest BCUT2D eigenvalue weighted by atomic mass is 16.3. The molecule has 1 fully saturated rings. The number of hydrogen-bond donors (Lipinski definition) is 1. The average molecular weight is 170 g/mol. The molecular weight excluding hydrogens is 150 g/mol. The van der Waals surface area contributed by atoms with Gasteiger partial charge in [-0.05, 0) is 32.4 Å². The van der Waals surface area contributed by atoms with Gasteiger partial charge in [-0.3, -0.25) is 0 Å². The van der Waals surface area contributed by atoms with Crippen molar-refractivity contribution in [2.45, 2.75) is 38.2 Å². The summed E-state index contributed by atoms with van der Waals surface area (Å²) in [5, 5.41) is 9.52. The smallest absolute Gasteiger partial charge is 0.0667 e. The lowest BCUT2D eigenvalue weighted by molar-refractivity contribution is 0.0954. The highest BCUT2D eigenvalue weighted by Gasteiger charge is 2.13. The first-order valence-corrected chi connectivity index (χ1v) is 5.02. The normalized spacial score (nSPS) is 22.5. The number of likely N-dealkylation sites (tertiary alicyclic amines) is 1. The second-order valence-electron chi connectivity index (χ2n) is 3.66. The Morgan fingerprint density at radius 1 is 1.25 bits per heavy atom. The standard InChI is InChI=1S/C10H20NO/c1-2-6-10(12)9-11-7-4-3-5-8-11/h10,12H,1-9H2. The van der Waals surface area contributed by atoms with Crippen LogP contribution in [-0.4, -0.2) is 35.7 Å². The Hall–Kier alpha value is -0.0800. The van der Waals surface area contributed by atoms with Gasteiger partial charge in [0.2, 0.25) is 0 Å². The minimum atomic E-state index is -0.152. The van der Waals surface area contributed by atoms with Gasteiger partial charge in [0.15, 0.2) is 0 Å². The van der Waals surface area contributed by atoms with Gasteiger partial charge in [-0.2, -0.15) is 0 Å². The molecule has 0 aromatic rings. The van der Waals surface area contributed by atoms with Crippen LogP contribution in [0.25, 0.3) is 0 Å². The van der Waals surface area contributed by atoms with E-state index in [4.69, 9.17) is 0 Å². The Bertz CT molecular complexity index is 110. The summed E-state index contributed by atoms with van der Waals surface area (Å²) >= 11 is 0. The molecule has 0 bridgehead atoms. The second kappa shape index (κ2) is 5.55. The highest BCUT2D eigenvalue weighted by molar-refractivity contribution is 4.68. The number of aliphatic hydroxyl groups is 1. The van der Waals surface area contributed by atoms with Crippen LogP contribution in [0.5, 0.6) is 0 Å². The van der Waals surface area contributed by atoms with Gasteiger partial charge in [0.25, 0.3) is 0 Å². The fourth-order valence-corrected chi connectivity index (χ4v) is 1.77. The lowest BCUT2D eigenvalue weighted by Gasteiger charge is -2.28. The van der Waals surface area contributed by atoms with E-state index in [0.717, 1.165) is 19.4 Å². The maximum absolute atomic E-state index is 9.52. The molecule has 1 unspecified atom stereocenters. The second-order valence-corrected chi connectivity index (χ2v) is 3.66. The molecule has 2 nitrogen and oxygen atoms in total. The molecule has 0 aromatic heterocycles. The van der Waals surface area contributed by atoms with E-state index >= 15 is 0 Å². The van der Waals surface area contributed by atoms with E-state index in [1.807, 2.05) is 0 Å². The largest absolute Gasteiger partial charge is 0.392 e. The van der Waals surface area contributed by atoms with E-state index < -0.39 is 0 Å². The van der Waals surface area contributed by atoms with E-state index in [9.17, 15) is 5.11 Å². The van der Waals surface area contributed by atoms with Crippen LogP contribution < -0.4 is 0 Å². The van der Waals surface area contributed by atoms with Crippen LogP contribution >= 0.6 is 0 Å². The number of nitrogens with zero attached hydrogens (tertiary/aromatic N) is 1. The van der Waals surface area contributed by atoms with Crippen molar-refractivity contribution in [3.8, 4) is 0 Å². The molecule has 12 heavy (non-hydrogen) atoms. The van der Waals surface area contributed by atoms with Crippen LogP contribution in [0, 0.1) is 6.92 Å². The Morgan fingerprint density at radius 3 is 2.50 bits per heavy atom. The Morgan fingerprint density at radius 2 is 1.92 bits per heavy atom. The van der Waals surface area contributed by atoms with Crippen molar-refractivity contribution in [3.05, 3.63) is 6.92 Å². The van der Waals surface area contributed by atoms with Gasteiger partial charge in [0.05, 0.1) is 6.10 Å². The molecule has 1 heterocycles. The van der Waals surface area contributed by atoms with Crippen LogP contribution in [0.1, 0.15) is 32.1 Å². The summed E-state index contributed by atoms with van der Waals surface area (Å²) in [5.41, 5.74) is 0. The van der Waals surface area contributed by atoms with E-state index in [-0.39, 0.29) is 6.10 Å². The molecule has 0 amide bonds. The topological polar surface area (TPSA) is 23.5 Å². The third kappa shape index (κ3) is 3.55. The third-order valence-electron chi connectivity index (χ3n) is 2.45. The van der Waals surface area contributed by atoms with Crippen molar-refractivity contribution in [3.63, 3.8) is 0 Å². The summed E-state index contributed by atoms with van der Waals surface area (Å²) in [7, 11) is 0. The molecule has 0 spiro atoms. The van der Waals surface area contributed by atoms with E-state index in [2.05, 4.69) is 11.8 Å². The van der Waals surface area contributed by atoms with Gasteiger partial charge in [0.1, 0.15) is 0 Å². The molecule has 1 rings (SSSR count). The molecule has 0 aromatic carbocycles.